The zero-order valence-electron chi connectivity index (χ0n) is 9.47. The van der Waals surface area contributed by atoms with Gasteiger partial charge in [0.25, 0.3) is 0 Å². The van der Waals surface area contributed by atoms with Crippen molar-refractivity contribution in [2.75, 3.05) is 32.0 Å². The molecule has 0 amide bonds. The summed E-state index contributed by atoms with van der Waals surface area (Å²) < 4.78 is 0. The van der Waals surface area contributed by atoms with Crippen LogP contribution in [0.3, 0.4) is 0 Å². The minimum atomic E-state index is -0.931. The summed E-state index contributed by atoms with van der Waals surface area (Å²) in [4.78, 5) is 10.3. The number of aromatic carboxylic acids is 1. The average Bonchev–Trinajstić information content (AvgIpc) is 2.31. The summed E-state index contributed by atoms with van der Waals surface area (Å²) >= 11 is 0. The van der Waals surface area contributed by atoms with Crippen molar-refractivity contribution in [3.63, 3.8) is 0 Å². The summed E-state index contributed by atoms with van der Waals surface area (Å²) in [5.74, 6) is -0.931. The van der Waals surface area contributed by atoms with Gasteiger partial charge in [-0.25, -0.2) is 4.79 Å². The number of nitrogens with one attached hydrogen (secondary N) is 1. The summed E-state index contributed by atoms with van der Waals surface area (Å²) in [5, 5.41) is 27.5. The summed E-state index contributed by atoms with van der Waals surface area (Å²) in [6.45, 7) is 1.42. The quantitative estimate of drug-likeness (QED) is 0.352. The minimum absolute atomic E-state index is 0.139. The van der Waals surface area contributed by atoms with E-state index >= 15 is 0 Å². The SMILES string of the molecule is Nc1ccc(C(=O)O)cc1.OCCNCCO. The van der Waals surface area contributed by atoms with Crippen molar-refractivity contribution in [2.45, 2.75) is 0 Å². The second-order valence-electron chi connectivity index (χ2n) is 3.12. The lowest BCUT2D eigenvalue weighted by molar-refractivity contribution is 0.0697. The van der Waals surface area contributed by atoms with E-state index in [1.165, 1.54) is 12.1 Å². The number of nitrogens with two attached hydrogens (primary N) is 1. The van der Waals surface area contributed by atoms with Crippen molar-refractivity contribution < 1.29 is 20.1 Å². The number of anilines is 1. The van der Waals surface area contributed by atoms with Gasteiger partial charge in [-0.05, 0) is 24.3 Å². The van der Waals surface area contributed by atoms with Gasteiger partial charge in [0.2, 0.25) is 0 Å². The van der Waals surface area contributed by atoms with Crippen LogP contribution in [-0.4, -0.2) is 47.6 Å². The molecule has 0 radical (unpaired) electrons. The van der Waals surface area contributed by atoms with E-state index < -0.39 is 5.97 Å². The second-order valence-corrected chi connectivity index (χ2v) is 3.12. The van der Waals surface area contributed by atoms with E-state index in [0.29, 0.717) is 18.8 Å². The lowest BCUT2D eigenvalue weighted by atomic mass is 10.2. The molecule has 0 aliphatic rings. The van der Waals surface area contributed by atoms with Crippen LogP contribution in [0.4, 0.5) is 5.69 Å². The Hall–Kier alpha value is -1.63. The summed E-state index contributed by atoms with van der Waals surface area (Å²) in [6, 6.07) is 6.06. The molecule has 1 aromatic carbocycles. The first-order valence-electron chi connectivity index (χ1n) is 5.13. The van der Waals surface area contributed by atoms with Crippen molar-refractivity contribution in [3.8, 4) is 0 Å². The molecule has 17 heavy (non-hydrogen) atoms. The molecule has 1 rings (SSSR count). The number of benzene rings is 1. The Bertz CT molecular complexity index is 310. The van der Waals surface area contributed by atoms with E-state index in [1.54, 1.807) is 12.1 Å². The second kappa shape index (κ2) is 9.59. The Labute approximate surface area is 99.7 Å². The molecule has 0 aliphatic heterocycles. The predicted octanol–water partition coefficient (Wildman–Crippen LogP) is -0.472. The Morgan fingerprint density at radius 3 is 1.94 bits per heavy atom. The van der Waals surface area contributed by atoms with Crippen LogP contribution in [0.5, 0.6) is 0 Å². The minimum Gasteiger partial charge on any atom is -0.478 e. The molecule has 0 unspecified atom stereocenters. The fourth-order valence-electron chi connectivity index (χ4n) is 0.909. The first kappa shape index (κ1) is 15.4. The molecule has 6 heteroatoms. The maximum atomic E-state index is 10.3. The number of nitrogen functional groups attached to an aromatic ring is 1. The zero-order chi connectivity index (χ0) is 13.1. The topological polar surface area (TPSA) is 116 Å². The molecule has 96 valence electrons. The fourth-order valence-corrected chi connectivity index (χ4v) is 0.909. The van der Waals surface area contributed by atoms with Gasteiger partial charge in [-0.2, -0.15) is 0 Å². The lowest BCUT2D eigenvalue weighted by Gasteiger charge is -1.94. The van der Waals surface area contributed by atoms with E-state index in [0.717, 1.165) is 0 Å². The third-order valence-electron chi connectivity index (χ3n) is 1.73. The first-order valence-corrected chi connectivity index (χ1v) is 5.13. The van der Waals surface area contributed by atoms with Gasteiger partial charge in [0.15, 0.2) is 0 Å². The van der Waals surface area contributed by atoms with Crippen LogP contribution < -0.4 is 11.1 Å². The molecule has 0 aliphatic carbocycles. The number of hydrogen-bond acceptors (Lipinski definition) is 5. The predicted molar refractivity (Wildman–Crippen MR) is 64.9 cm³/mol. The molecule has 0 saturated carbocycles. The van der Waals surface area contributed by atoms with Crippen molar-refractivity contribution in [2.24, 2.45) is 0 Å². The van der Waals surface area contributed by atoms with E-state index in [-0.39, 0.29) is 18.8 Å². The molecule has 6 nitrogen and oxygen atoms in total. The highest BCUT2D eigenvalue weighted by molar-refractivity contribution is 5.87. The van der Waals surface area contributed by atoms with Crippen molar-refractivity contribution in [1.29, 1.82) is 0 Å². The molecule has 0 spiro atoms. The van der Waals surface area contributed by atoms with Crippen molar-refractivity contribution in [1.82, 2.24) is 5.32 Å². The summed E-state index contributed by atoms with van der Waals surface area (Å²) in [7, 11) is 0. The Morgan fingerprint density at radius 1 is 1.12 bits per heavy atom. The average molecular weight is 242 g/mol. The monoisotopic (exact) mass is 242 g/mol. The third kappa shape index (κ3) is 8.21. The van der Waals surface area contributed by atoms with Gasteiger partial charge in [-0.15, -0.1) is 0 Å². The van der Waals surface area contributed by atoms with Gasteiger partial charge in [0, 0.05) is 18.8 Å². The van der Waals surface area contributed by atoms with E-state index in [1.807, 2.05) is 0 Å². The van der Waals surface area contributed by atoms with Crippen molar-refractivity contribution >= 4 is 11.7 Å². The molecule has 6 N–H and O–H groups in total. The molecule has 0 fully saturated rings. The zero-order valence-corrected chi connectivity index (χ0v) is 9.47. The van der Waals surface area contributed by atoms with Crippen molar-refractivity contribution in [3.05, 3.63) is 29.8 Å². The normalized spacial score (nSPS) is 9.29. The van der Waals surface area contributed by atoms with Gasteiger partial charge in [0.1, 0.15) is 0 Å². The number of aliphatic hydroxyl groups excluding tert-OH is 2. The Morgan fingerprint density at radius 2 is 1.59 bits per heavy atom. The molecule has 0 aromatic heterocycles. The summed E-state index contributed by atoms with van der Waals surface area (Å²) in [6.07, 6.45) is 0. The Kier molecular flexibility index (Phi) is 8.67. The maximum Gasteiger partial charge on any atom is 0.335 e. The molecule has 1 aromatic rings. The molecule has 0 heterocycles. The number of hydrogen-bond donors (Lipinski definition) is 5. The Balaban J connectivity index is 0.000000325. The number of aliphatic hydroxyl groups is 2. The highest BCUT2D eigenvalue weighted by Crippen LogP contribution is 2.04. The van der Waals surface area contributed by atoms with Gasteiger partial charge in [-0.1, -0.05) is 0 Å². The smallest absolute Gasteiger partial charge is 0.335 e. The van der Waals surface area contributed by atoms with Crippen LogP contribution in [0.2, 0.25) is 0 Å². The highest BCUT2D eigenvalue weighted by Gasteiger charge is 1.98. The van der Waals surface area contributed by atoms with Gasteiger partial charge in [0.05, 0.1) is 18.8 Å². The van der Waals surface area contributed by atoms with Crippen LogP contribution >= 0.6 is 0 Å². The highest BCUT2D eigenvalue weighted by atomic mass is 16.4. The first-order chi connectivity index (χ1) is 8.11. The van der Waals surface area contributed by atoms with Gasteiger partial charge >= 0.3 is 5.97 Å². The molecule has 0 saturated heterocycles. The molecule has 0 bridgehead atoms. The molecular weight excluding hydrogens is 224 g/mol. The van der Waals surface area contributed by atoms with Gasteiger partial charge < -0.3 is 26.4 Å². The standard InChI is InChI=1S/C7H7NO2.C4H11NO2/c8-6-3-1-5(2-4-6)7(9)10;6-3-1-5-2-4-7/h1-4H,8H2,(H,9,10);5-7H,1-4H2. The van der Waals surface area contributed by atoms with Crippen LogP contribution in [0.1, 0.15) is 10.4 Å². The van der Waals surface area contributed by atoms with Crippen LogP contribution in [0.15, 0.2) is 24.3 Å². The lowest BCUT2D eigenvalue weighted by Crippen LogP contribution is -2.21. The third-order valence-corrected chi connectivity index (χ3v) is 1.73. The molecule has 0 atom stereocenters. The van der Waals surface area contributed by atoms with E-state index in [4.69, 9.17) is 21.1 Å². The van der Waals surface area contributed by atoms with Crippen LogP contribution in [0.25, 0.3) is 0 Å². The number of carboxylic acids is 1. The fraction of sp³-hybridized carbons (Fsp3) is 0.364. The van der Waals surface area contributed by atoms with Crippen LogP contribution in [-0.2, 0) is 0 Å². The van der Waals surface area contributed by atoms with E-state index in [2.05, 4.69) is 5.32 Å². The largest absolute Gasteiger partial charge is 0.478 e. The van der Waals surface area contributed by atoms with Gasteiger partial charge in [-0.3, -0.25) is 0 Å². The van der Waals surface area contributed by atoms with E-state index in [9.17, 15) is 4.79 Å². The number of rotatable bonds is 5. The number of carbonyl (C=O) groups is 1. The maximum absolute atomic E-state index is 10.3. The van der Waals surface area contributed by atoms with Crippen LogP contribution in [0, 0.1) is 0 Å². The number of carboxylic acid groups (broad SMARTS) is 1. The summed E-state index contributed by atoms with van der Waals surface area (Å²) in [5.41, 5.74) is 6.17. The molecular formula is C11H18N2O4.